The van der Waals surface area contributed by atoms with Crippen molar-refractivity contribution < 1.29 is 18.3 Å². The van der Waals surface area contributed by atoms with Crippen molar-refractivity contribution in [3.05, 3.63) is 15.8 Å². The van der Waals surface area contributed by atoms with Crippen LogP contribution in [0.15, 0.2) is 11.0 Å². The van der Waals surface area contributed by atoms with Gasteiger partial charge in [-0.3, -0.25) is 0 Å². The number of carboxylic acids is 1. The Morgan fingerprint density at radius 3 is 2.55 bits per heavy atom. The van der Waals surface area contributed by atoms with E-state index in [0.717, 1.165) is 24.2 Å². The molecule has 1 aliphatic rings. The van der Waals surface area contributed by atoms with Gasteiger partial charge in [-0.15, -0.1) is 11.3 Å². The summed E-state index contributed by atoms with van der Waals surface area (Å²) in [6.07, 6.45) is 4.48. The van der Waals surface area contributed by atoms with Crippen LogP contribution in [-0.4, -0.2) is 37.4 Å². The van der Waals surface area contributed by atoms with Crippen molar-refractivity contribution in [1.82, 2.24) is 4.31 Å². The zero-order chi connectivity index (χ0) is 14.9. The third-order valence-electron chi connectivity index (χ3n) is 3.76. The van der Waals surface area contributed by atoms with E-state index in [4.69, 9.17) is 5.11 Å². The van der Waals surface area contributed by atoms with Gasteiger partial charge < -0.3 is 5.11 Å². The largest absolute Gasteiger partial charge is 0.477 e. The molecule has 0 bridgehead atoms. The predicted octanol–water partition coefficient (Wildman–Crippen LogP) is 2.57. The zero-order valence-electron chi connectivity index (χ0n) is 11.6. The Kier molecular flexibility index (Phi) is 4.51. The Balaban J connectivity index is 2.22. The molecule has 0 amide bonds. The number of thiophene rings is 1. The third-order valence-corrected chi connectivity index (χ3v) is 6.88. The number of hydrogen-bond donors (Lipinski definition) is 1. The maximum absolute atomic E-state index is 12.5. The highest BCUT2D eigenvalue weighted by Crippen LogP contribution is 2.30. The number of carbonyl (C=O) groups is 1. The highest BCUT2D eigenvalue weighted by molar-refractivity contribution is 7.89. The number of sulfonamides is 1. The smallest absolute Gasteiger partial charge is 0.345 e. The fraction of sp³-hybridized carbons (Fsp3) is 0.615. The number of carboxylic acid groups (broad SMARTS) is 1. The Morgan fingerprint density at radius 1 is 1.45 bits per heavy atom. The lowest BCUT2D eigenvalue weighted by Crippen LogP contribution is -2.31. The summed E-state index contributed by atoms with van der Waals surface area (Å²) < 4.78 is 26.4. The van der Waals surface area contributed by atoms with E-state index < -0.39 is 16.0 Å². The number of hydrogen-bond acceptors (Lipinski definition) is 4. The number of nitrogens with zero attached hydrogens (tertiary/aromatic N) is 1. The first-order chi connectivity index (χ1) is 9.32. The Bertz CT molecular complexity index is 600. The van der Waals surface area contributed by atoms with E-state index in [9.17, 15) is 13.2 Å². The molecule has 0 atom stereocenters. The molecule has 1 aromatic rings. The number of aromatic carboxylic acids is 1. The van der Waals surface area contributed by atoms with Gasteiger partial charge in [0.15, 0.2) is 0 Å². The van der Waals surface area contributed by atoms with Crippen molar-refractivity contribution in [1.29, 1.82) is 0 Å². The molecule has 1 aromatic heterocycles. The van der Waals surface area contributed by atoms with Crippen molar-refractivity contribution >= 4 is 27.3 Å². The van der Waals surface area contributed by atoms with Crippen molar-refractivity contribution in [2.75, 3.05) is 13.6 Å². The van der Waals surface area contributed by atoms with Gasteiger partial charge in [0, 0.05) is 18.5 Å². The van der Waals surface area contributed by atoms with E-state index in [1.165, 1.54) is 23.2 Å². The van der Waals surface area contributed by atoms with Crippen LogP contribution < -0.4 is 0 Å². The molecule has 20 heavy (non-hydrogen) atoms. The van der Waals surface area contributed by atoms with Crippen LogP contribution in [0.1, 0.15) is 40.2 Å². The lowest BCUT2D eigenvalue weighted by molar-refractivity contribution is 0.0702. The van der Waals surface area contributed by atoms with Gasteiger partial charge in [0.25, 0.3) is 0 Å². The topological polar surface area (TPSA) is 74.7 Å². The molecule has 0 spiro atoms. The first kappa shape index (κ1) is 15.5. The van der Waals surface area contributed by atoms with Gasteiger partial charge >= 0.3 is 5.97 Å². The van der Waals surface area contributed by atoms with Gasteiger partial charge in [0.1, 0.15) is 4.88 Å². The Morgan fingerprint density at radius 2 is 2.05 bits per heavy atom. The molecule has 1 fully saturated rings. The van der Waals surface area contributed by atoms with E-state index >= 15 is 0 Å². The maximum Gasteiger partial charge on any atom is 0.345 e. The minimum atomic E-state index is -3.59. The van der Waals surface area contributed by atoms with Gasteiger partial charge in [0.2, 0.25) is 10.0 Å². The van der Waals surface area contributed by atoms with Crippen LogP contribution in [0.4, 0.5) is 0 Å². The van der Waals surface area contributed by atoms with Crippen LogP contribution in [0.25, 0.3) is 0 Å². The molecule has 0 aromatic carbocycles. The second-order valence-electron chi connectivity index (χ2n) is 5.27. The van der Waals surface area contributed by atoms with E-state index in [-0.39, 0.29) is 9.77 Å². The molecule has 2 rings (SSSR count). The molecule has 5 nitrogen and oxygen atoms in total. The zero-order valence-corrected chi connectivity index (χ0v) is 13.3. The summed E-state index contributed by atoms with van der Waals surface area (Å²) in [5, 5.41) is 8.96. The summed E-state index contributed by atoms with van der Waals surface area (Å²) in [5.74, 6) is -0.661. The summed E-state index contributed by atoms with van der Waals surface area (Å²) in [7, 11) is -2.01. The summed E-state index contributed by atoms with van der Waals surface area (Å²) in [4.78, 5) is 11.7. The number of aryl methyl sites for hydroxylation is 1. The fourth-order valence-corrected chi connectivity index (χ4v) is 5.29. The minimum absolute atomic E-state index is 0.0651. The molecule has 0 aliphatic heterocycles. The first-order valence-electron chi connectivity index (χ1n) is 6.62. The van der Waals surface area contributed by atoms with Crippen LogP contribution in [0, 0.1) is 12.8 Å². The molecule has 1 aliphatic carbocycles. The Hall–Kier alpha value is -0.920. The molecule has 7 heteroatoms. The summed E-state index contributed by atoms with van der Waals surface area (Å²) in [6.45, 7) is 2.16. The predicted molar refractivity (Wildman–Crippen MR) is 77.8 cm³/mol. The molecule has 0 radical (unpaired) electrons. The molecular weight excluding hydrogens is 298 g/mol. The molecule has 0 unspecified atom stereocenters. The number of rotatable bonds is 5. The molecule has 1 heterocycles. The fourth-order valence-electron chi connectivity index (χ4n) is 2.65. The molecule has 1 saturated carbocycles. The van der Waals surface area contributed by atoms with E-state index in [2.05, 4.69) is 0 Å². The van der Waals surface area contributed by atoms with Gasteiger partial charge in [-0.1, -0.05) is 12.8 Å². The van der Waals surface area contributed by atoms with Gasteiger partial charge in [-0.05, 0) is 31.7 Å². The monoisotopic (exact) mass is 317 g/mol. The van der Waals surface area contributed by atoms with Crippen LogP contribution in [-0.2, 0) is 10.0 Å². The maximum atomic E-state index is 12.5. The molecular formula is C13H19NO4S2. The summed E-state index contributed by atoms with van der Waals surface area (Å²) in [6, 6.07) is 1.27. The summed E-state index contributed by atoms with van der Waals surface area (Å²) in [5.41, 5.74) is 0. The second kappa shape index (κ2) is 5.83. The minimum Gasteiger partial charge on any atom is -0.477 e. The van der Waals surface area contributed by atoms with E-state index in [1.54, 1.807) is 14.0 Å². The molecule has 112 valence electrons. The molecule has 1 N–H and O–H groups in total. The SMILES string of the molecule is Cc1sc(C(=O)O)cc1S(=O)(=O)N(C)CC1CCCC1. The van der Waals surface area contributed by atoms with Crippen LogP contribution in [0.5, 0.6) is 0 Å². The third kappa shape index (κ3) is 3.05. The average Bonchev–Trinajstić information content (AvgIpc) is 2.98. The van der Waals surface area contributed by atoms with Crippen LogP contribution in [0.2, 0.25) is 0 Å². The standard InChI is InChI=1S/C13H19NO4S2/c1-9-12(7-11(19-9)13(15)16)20(17,18)14(2)8-10-5-3-4-6-10/h7,10H,3-6,8H2,1-2H3,(H,15,16). The first-order valence-corrected chi connectivity index (χ1v) is 8.88. The quantitative estimate of drug-likeness (QED) is 0.905. The van der Waals surface area contributed by atoms with Crippen molar-refractivity contribution in [3.8, 4) is 0 Å². The van der Waals surface area contributed by atoms with Crippen molar-refractivity contribution in [3.63, 3.8) is 0 Å². The highest BCUT2D eigenvalue weighted by Gasteiger charge is 2.28. The van der Waals surface area contributed by atoms with Crippen LogP contribution in [0.3, 0.4) is 0 Å². The van der Waals surface area contributed by atoms with Crippen molar-refractivity contribution in [2.45, 2.75) is 37.5 Å². The Labute approximate surface area is 123 Å². The second-order valence-corrected chi connectivity index (χ2v) is 8.54. The lowest BCUT2D eigenvalue weighted by Gasteiger charge is -2.20. The summed E-state index contributed by atoms with van der Waals surface area (Å²) >= 11 is 1.00. The van der Waals surface area contributed by atoms with Crippen LogP contribution >= 0.6 is 11.3 Å². The van der Waals surface area contributed by atoms with E-state index in [1.807, 2.05) is 0 Å². The average molecular weight is 317 g/mol. The van der Waals surface area contributed by atoms with Gasteiger partial charge in [-0.25, -0.2) is 17.5 Å². The van der Waals surface area contributed by atoms with Crippen molar-refractivity contribution in [2.24, 2.45) is 5.92 Å². The molecule has 0 saturated heterocycles. The van der Waals surface area contributed by atoms with Gasteiger partial charge in [-0.2, -0.15) is 0 Å². The normalized spacial score (nSPS) is 16.9. The lowest BCUT2D eigenvalue weighted by atomic mass is 10.1. The highest BCUT2D eigenvalue weighted by atomic mass is 32.2. The van der Waals surface area contributed by atoms with E-state index in [0.29, 0.717) is 17.3 Å². The van der Waals surface area contributed by atoms with Gasteiger partial charge in [0.05, 0.1) is 4.90 Å².